The molecule has 1 radical (unpaired) electrons. The van der Waals surface area contributed by atoms with Crippen molar-refractivity contribution in [2.45, 2.75) is 6.42 Å². The first kappa shape index (κ1) is 25.3. The van der Waals surface area contributed by atoms with E-state index in [1.807, 2.05) is 0 Å². The summed E-state index contributed by atoms with van der Waals surface area (Å²) in [4.78, 5) is 0. The van der Waals surface area contributed by atoms with Crippen molar-refractivity contribution in [3.63, 3.8) is 0 Å². The number of hydrogen-bond donors (Lipinski definition) is 0. The molecule has 0 nitrogen and oxygen atoms in total. The molecule has 0 heterocycles. The van der Waals surface area contributed by atoms with Crippen LogP contribution < -0.4 is 0 Å². The molecule has 0 amide bonds. The Balaban J connectivity index is 0.000000853. The van der Waals surface area contributed by atoms with Gasteiger partial charge in [-0.1, -0.05) is 66.4 Å². The van der Waals surface area contributed by atoms with Gasteiger partial charge in [-0.15, -0.1) is 54.9 Å². The SMILES string of the molecule is Cl.Cl.Cl.[C-]1=C(c2cccc3cc4ccc5cc6ccccc6cc5c4cc23)C=CC1.[V]. The van der Waals surface area contributed by atoms with E-state index < -0.39 is 0 Å². The van der Waals surface area contributed by atoms with Gasteiger partial charge in [0.1, 0.15) is 0 Å². The van der Waals surface area contributed by atoms with Crippen LogP contribution in [0.5, 0.6) is 0 Å². The summed E-state index contributed by atoms with van der Waals surface area (Å²) in [6.07, 6.45) is 8.76. The van der Waals surface area contributed by atoms with E-state index in [0.29, 0.717) is 0 Å². The molecule has 0 bridgehead atoms. The van der Waals surface area contributed by atoms with Crippen molar-refractivity contribution in [3.05, 3.63) is 103 Å². The zero-order valence-electron chi connectivity index (χ0n) is 16.5. The molecule has 31 heavy (non-hydrogen) atoms. The van der Waals surface area contributed by atoms with Gasteiger partial charge in [0.25, 0.3) is 0 Å². The third-order valence-corrected chi connectivity index (χ3v) is 5.69. The van der Waals surface area contributed by atoms with Crippen molar-refractivity contribution in [2.24, 2.45) is 0 Å². The molecule has 0 unspecified atom stereocenters. The number of benzene rings is 5. The molecule has 0 N–H and O–H groups in total. The normalized spacial score (nSPS) is 12.1. The molecule has 1 aliphatic rings. The van der Waals surface area contributed by atoms with Crippen LogP contribution in [-0.4, -0.2) is 0 Å². The van der Waals surface area contributed by atoms with Crippen molar-refractivity contribution in [1.29, 1.82) is 0 Å². The molecule has 1 aliphatic carbocycles. The Labute approximate surface area is 212 Å². The second-order valence-corrected chi connectivity index (χ2v) is 7.28. The topological polar surface area (TPSA) is 0 Å². The molecule has 0 saturated carbocycles. The third kappa shape index (κ3) is 4.24. The van der Waals surface area contributed by atoms with E-state index >= 15 is 0 Å². The van der Waals surface area contributed by atoms with Crippen LogP contribution in [0, 0.1) is 6.08 Å². The molecule has 0 aliphatic heterocycles. The molecular weight excluding hydrogens is 482 g/mol. The Morgan fingerprint density at radius 2 is 1.13 bits per heavy atom. The monoisotopic (exact) mass is 500 g/mol. The molecule has 6 rings (SSSR count). The Morgan fingerprint density at radius 3 is 1.81 bits per heavy atom. The maximum absolute atomic E-state index is 3.48. The zero-order valence-corrected chi connectivity index (χ0v) is 20.4. The molecule has 5 aromatic carbocycles. The zero-order chi connectivity index (χ0) is 17.8. The molecule has 0 atom stereocenters. The van der Waals surface area contributed by atoms with Gasteiger partial charge < -0.3 is 0 Å². The van der Waals surface area contributed by atoms with Crippen molar-refractivity contribution in [2.75, 3.05) is 0 Å². The van der Waals surface area contributed by atoms with Crippen LogP contribution in [-0.2, 0) is 18.6 Å². The van der Waals surface area contributed by atoms with E-state index in [9.17, 15) is 0 Å². The van der Waals surface area contributed by atoms with Crippen LogP contribution in [0.15, 0.2) is 91.0 Å². The number of allylic oxidation sites excluding steroid dienone is 4. The first-order chi connectivity index (χ1) is 13.4. The van der Waals surface area contributed by atoms with Crippen molar-refractivity contribution >= 4 is 85.9 Å². The molecule has 5 aromatic rings. The van der Waals surface area contributed by atoms with Gasteiger partial charge in [0, 0.05) is 18.6 Å². The van der Waals surface area contributed by atoms with E-state index in [1.165, 1.54) is 54.2 Å². The quantitative estimate of drug-likeness (QED) is 0.122. The third-order valence-electron chi connectivity index (χ3n) is 5.69. The second kappa shape index (κ2) is 10.1. The van der Waals surface area contributed by atoms with Gasteiger partial charge in [0.15, 0.2) is 0 Å². The van der Waals surface area contributed by atoms with Crippen molar-refractivity contribution in [3.8, 4) is 0 Å². The van der Waals surface area contributed by atoms with Crippen molar-refractivity contribution in [1.82, 2.24) is 0 Å². The van der Waals surface area contributed by atoms with Gasteiger partial charge in [-0.05, 0) is 55.9 Å². The van der Waals surface area contributed by atoms with Gasteiger partial charge >= 0.3 is 0 Å². The van der Waals surface area contributed by atoms with Crippen molar-refractivity contribution < 1.29 is 18.6 Å². The molecule has 0 saturated heterocycles. The number of fused-ring (bicyclic) bond motifs is 5. The van der Waals surface area contributed by atoms with Crippen LogP contribution in [0.4, 0.5) is 0 Å². The van der Waals surface area contributed by atoms with Crippen LogP contribution >= 0.6 is 37.2 Å². The summed E-state index contributed by atoms with van der Waals surface area (Å²) in [7, 11) is 0. The summed E-state index contributed by atoms with van der Waals surface area (Å²) in [5.41, 5.74) is 2.49. The number of hydrogen-bond acceptors (Lipinski definition) is 0. The first-order valence-corrected chi connectivity index (χ1v) is 9.43. The summed E-state index contributed by atoms with van der Waals surface area (Å²) in [6, 6.07) is 29.0. The average molecular weight is 502 g/mol. The minimum absolute atomic E-state index is 0. The van der Waals surface area contributed by atoms with E-state index in [4.69, 9.17) is 0 Å². The number of rotatable bonds is 1. The largest absolute Gasteiger partial charge is 0.197 e. The maximum Gasteiger partial charge on any atom is 0 e. The predicted octanol–water partition coefficient (Wildman–Crippen LogP) is 8.71. The average Bonchev–Trinajstić information content (AvgIpc) is 3.25. The minimum atomic E-state index is 0. The summed E-state index contributed by atoms with van der Waals surface area (Å²) in [5.74, 6) is 0. The molecule has 4 heteroatoms. The summed E-state index contributed by atoms with van der Waals surface area (Å²) < 4.78 is 0. The molecule has 0 aromatic heterocycles. The predicted molar refractivity (Wildman–Crippen MR) is 139 cm³/mol. The number of halogens is 3. The van der Waals surface area contributed by atoms with Gasteiger partial charge in [0.2, 0.25) is 0 Å². The van der Waals surface area contributed by atoms with Crippen LogP contribution in [0.3, 0.4) is 0 Å². The van der Waals surface area contributed by atoms with Gasteiger partial charge in [-0.2, -0.15) is 17.7 Å². The molecular formula is C27H20Cl3V-. The van der Waals surface area contributed by atoms with Gasteiger partial charge in [0.05, 0.1) is 0 Å². The second-order valence-electron chi connectivity index (χ2n) is 7.28. The Kier molecular flexibility index (Phi) is 8.28. The maximum atomic E-state index is 3.48. The standard InChI is InChI=1S/C27H17.3ClH.V/c1-2-7-18(6-1)24-11-5-10-21-15-23-13-12-22-14-19-8-3-4-9-20(19)16-25(22)27(23)17-26(21)24;;;;/h1,3-6,8-17H,2H2;3*1H;/q-1;;;;. The molecule has 0 fully saturated rings. The van der Waals surface area contributed by atoms with E-state index in [-0.39, 0.29) is 55.8 Å². The van der Waals surface area contributed by atoms with Crippen LogP contribution in [0.25, 0.3) is 48.7 Å². The van der Waals surface area contributed by atoms with E-state index in [1.54, 1.807) is 0 Å². The minimum Gasteiger partial charge on any atom is -0.197 e. The summed E-state index contributed by atoms with van der Waals surface area (Å²) in [6.45, 7) is 0. The smallest absolute Gasteiger partial charge is 0 e. The Hall–Kier alpha value is -1.93. The van der Waals surface area contributed by atoms with Crippen LogP contribution in [0.1, 0.15) is 12.0 Å². The molecule has 0 spiro atoms. The Morgan fingerprint density at radius 1 is 0.548 bits per heavy atom. The van der Waals surface area contributed by atoms with E-state index in [0.717, 1.165) is 6.42 Å². The summed E-state index contributed by atoms with van der Waals surface area (Å²) in [5, 5.41) is 10.4. The fourth-order valence-corrected chi connectivity index (χ4v) is 4.35. The fraction of sp³-hybridized carbons (Fsp3) is 0.0370. The fourth-order valence-electron chi connectivity index (χ4n) is 4.35. The van der Waals surface area contributed by atoms with E-state index in [2.05, 4.69) is 97.1 Å². The van der Waals surface area contributed by atoms with Gasteiger partial charge in [-0.3, -0.25) is 0 Å². The van der Waals surface area contributed by atoms with Gasteiger partial charge in [-0.25, -0.2) is 0 Å². The summed E-state index contributed by atoms with van der Waals surface area (Å²) >= 11 is 0. The first-order valence-electron chi connectivity index (χ1n) is 9.43. The van der Waals surface area contributed by atoms with Crippen LogP contribution in [0.2, 0.25) is 0 Å². The Bertz CT molecular complexity index is 1450. The molecule has 155 valence electrons.